The van der Waals surface area contributed by atoms with Gasteiger partial charge in [0.05, 0.1) is 13.4 Å². The van der Waals surface area contributed by atoms with E-state index in [4.69, 9.17) is 9.15 Å². The Labute approximate surface area is 205 Å². The highest BCUT2D eigenvalue weighted by atomic mass is 16.5. The number of methoxy groups -OCH3 is 1. The highest BCUT2D eigenvalue weighted by Crippen LogP contribution is 2.22. The molecule has 0 atom stereocenters. The number of H-pyrrole nitrogens is 1. The number of fused-ring (bicyclic) bond motifs is 1. The van der Waals surface area contributed by atoms with Crippen molar-refractivity contribution in [3.63, 3.8) is 0 Å². The maximum Gasteiger partial charge on any atom is 0.290 e. The van der Waals surface area contributed by atoms with Crippen molar-refractivity contribution in [2.45, 2.75) is 32.9 Å². The van der Waals surface area contributed by atoms with Crippen LogP contribution in [0.5, 0.6) is 5.75 Å². The fourth-order valence-electron chi connectivity index (χ4n) is 4.20. The highest BCUT2D eigenvalue weighted by Gasteiger charge is 2.26. The smallest absolute Gasteiger partial charge is 0.290 e. The molecule has 35 heavy (non-hydrogen) atoms. The van der Waals surface area contributed by atoms with E-state index in [1.54, 1.807) is 29.0 Å². The lowest BCUT2D eigenvalue weighted by molar-refractivity contribution is -0.132. The monoisotopic (exact) mass is 473 g/mol. The molecule has 4 rings (SSSR count). The summed E-state index contributed by atoms with van der Waals surface area (Å²) in [5.41, 5.74) is 3.13. The lowest BCUT2D eigenvalue weighted by Gasteiger charge is -2.30. The Kier molecular flexibility index (Phi) is 7.55. The predicted octanol–water partition coefficient (Wildman–Crippen LogP) is 4.89. The Morgan fingerprint density at radius 2 is 1.77 bits per heavy atom. The van der Waals surface area contributed by atoms with E-state index in [1.807, 2.05) is 62.5 Å². The minimum atomic E-state index is -0.299. The SMILES string of the molecule is COc1ccccc1CN(CCc1c[nH]c2ccccc12)C(=O)CN(C(=O)c1ccco1)C(C)C. The summed E-state index contributed by atoms with van der Waals surface area (Å²) in [6.07, 6.45) is 4.14. The number of benzene rings is 2. The van der Waals surface area contributed by atoms with Crippen molar-refractivity contribution in [2.75, 3.05) is 20.2 Å². The third kappa shape index (κ3) is 5.57. The number of hydrogen-bond acceptors (Lipinski definition) is 4. The molecule has 2 aromatic carbocycles. The molecule has 0 radical (unpaired) electrons. The van der Waals surface area contributed by atoms with E-state index in [2.05, 4.69) is 11.1 Å². The van der Waals surface area contributed by atoms with Crippen LogP contribution in [0.3, 0.4) is 0 Å². The summed E-state index contributed by atoms with van der Waals surface area (Å²) >= 11 is 0. The van der Waals surface area contributed by atoms with Crippen LogP contribution in [0.15, 0.2) is 77.5 Å². The predicted molar refractivity (Wildman–Crippen MR) is 135 cm³/mol. The molecule has 0 aliphatic carbocycles. The van der Waals surface area contributed by atoms with Crippen LogP contribution >= 0.6 is 0 Å². The van der Waals surface area contributed by atoms with Crippen LogP contribution in [0.2, 0.25) is 0 Å². The third-order valence-electron chi connectivity index (χ3n) is 6.15. The first-order valence-corrected chi connectivity index (χ1v) is 11.8. The van der Waals surface area contributed by atoms with Gasteiger partial charge in [-0.25, -0.2) is 0 Å². The quantitative estimate of drug-likeness (QED) is 0.356. The van der Waals surface area contributed by atoms with Crippen LogP contribution in [0.25, 0.3) is 10.9 Å². The summed E-state index contributed by atoms with van der Waals surface area (Å²) in [5, 5.41) is 1.15. The highest BCUT2D eigenvalue weighted by molar-refractivity contribution is 5.94. The zero-order chi connectivity index (χ0) is 24.8. The van der Waals surface area contributed by atoms with Crippen LogP contribution in [-0.2, 0) is 17.8 Å². The molecular weight excluding hydrogens is 442 g/mol. The molecule has 0 bridgehead atoms. The maximum absolute atomic E-state index is 13.6. The number of amides is 2. The molecule has 0 unspecified atom stereocenters. The van der Waals surface area contributed by atoms with Crippen molar-refractivity contribution in [2.24, 2.45) is 0 Å². The summed E-state index contributed by atoms with van der Waals surface area (Å²) in [6, 6.07) is 18.9. The number of hydrogen-bond donors (Lipinski definition) is 1. The van der Waals surface area contributed by atoms with E-state index in [0.717, 1.165) is 27.8 Å². The van der Waals surface area contributed by atoms with E-state index in [-0.39, 0.29) is 30.2 Å². The number of nitrogens with one attached hydrogen (secondary N) is 1. The Balaban J connectivity index is 1.56. The molecule has 7 nitrogen and oxygen atoms in total. The van der Waals surface area contributed by atoms with Crippen LogP contribution in [0, 0.1) is 0 Å². The molecule has 2 amide bonds. The Bertz CT molecular complexity index is 1280. The number of ether oxygens (including phenoxy) is 1. The second-order valence-corrected chi connectivity index (χ2v) is 8.74. The van der Waals surface area contributed by atoms with E-state index < -0.39 is 0 Å². The first-order valence-electron chi connectivity index (χ1n) is 11.8. The van der Waals surface area contributed by atoms with Crippen LogP contribution < -0.4 is 4.74 Å². The van der Waals surface area contributed by atoms with E-state index in [9.17, 15) is 9.59 Å². The zero-order valence-electron chi connectivity index (χ0n) is 20.4. The Morgan fingerprint density at radius 1 is 1.00 bits per heavy atom. The number of rotatable bonds is 10. The van der Waals surface area contributed by atoms with Gasteiger partial charge in [-0.1, -0.05) is 36.4 Å². The van der Waals surface area contributed by atoms with Crippen molar-refractivity contribution >= 4 is 22.7 Å². The summed E-state index contributed by atoms with van der Waals surface area (Å²) in [5.74, 6) is 0.517. The minimum Gasteiger partial charge on any atom is -0.496 e. The maximum atomic E-state index is 13.6. The average Bonchev–Trinajstić information content (AvgIpc) is 3.55. The van der Waals surface area contributed by atoms with Gasteiger partial charge in [0.25, 0.3) is 5.91 Å². The van der Waals surface area contributed by atoms with Gasteiger partial charge in [0.2, 0.25) is 5.91 Å². The zero-order valence-corrected chi connectivity index (χ0v) is 20.4. The number of furan rings is 1. The molecule has 2 heterocycles. The number of nitrogens with zero attached hydrogens (tertiary/aromatic N) is 2. The molecule has 7 heteroatoms. The third-order valence-corrected chi connectivity index (χ3v) is 6.15. The molecule has 2 aromatic heterocycles. The molecular formula is C28H31N3O4. The van der Waals surface area contributed by atoms with E-state index in [0.29, 0.717) is 19.5 Å². The van der Waals surface area contributed by atoms with Gasteiger partial charge in [0.1, 0.15) is 12.3 Å². The molecule has 0 aliphatic heterocycles. The first kappa shape index (κ1) is 24.1. The molecule has 0 saturated heterocycles. The van der Waals surface area contributed by atoms with Gasteiger partial charge in [-0.3, -0.25) is 9.59 Å². The summed E-state index contributed by atoms with van der Waals surface area (Å²) in [7, 11) is 1.62. The first-order chi connectivity index (χ1) is 17.0. The molecule has 1 N–H and O–H groups in total. The summed E-state index contributed by atoms with van der Waals surface area (Å²) in [4.78, 5) is 33.2. The fraction of sp³-hybridized carbons (Fsp3) is 0.286. The van der Waals surface area contributed by atoms with Gasteiger partial charge in [0, 0.05) is 41.8 Å². The molecule has 0 spiro atoms. The lowest BCUT2D eigenvalue weighted by Crippen LogP contribution is -2.46. The van der Waals surface area contributed by atoms with Crippen molar-refractivity contribution in [3.8, 4) is 5.75 Å². The van der Waals surface area contributed by atoms with Crippen molar-refractivity contribution in [1.29, 1.82) is 0 Å². The van der Waals surface area contributed by atoms with Crippen molar-refractivity contribution < 1.29 is 18.7 Å². The van der Waals surface area contributed by atoms with Gasteiger partial charge in [-0.2, -0.15) is 0 Å². The molecule has 0 fully saturated rings. The molecule has 182 valence electrons. The molecule has 0 saturated carbocycles. The Morgan fingerprint density at radius 3 is 2.51 bits per heavy atom. The summed E-state index contributed by atoms with van der Waals surface area (Å²) < 4.78 is 10.8. The van der Waals surface area contributed by atoms with E-state index in [1.165, 1.54) is 6.26 Å². The van der Waals surface area contributed by atoms with Crippen LogP contribution in [0.1, 0.15) is 35.5 Å². The lowest BCUT2D eigenvalue weighted by atomic mass is 10.1. The van der Waals surface area contributed by atoms with Gasteiger partial charge in [-0.05, 0) is 50.1 Å². The fourth-order valence-corrected chi connectivity index (χ4v) is 4.20. The van der Waals surface area contributed by atoms with Gasteiger partial charge in [-0.15, -0.1) is 0 Å². The summed E-state index contributed by atoms with van der Waals surface area (Å²) in [6.45, 7) is 4.63. The van der Waals surface area contributed by atoms with Crippen molar-refractivity contribution in [3.05, 3.63) is 90.0 Å². The van der Waals surface area contributed by atoms with Crippen LogP contribution in [-0.4, -0.2) is 52.8 Å². The topological polar surface area (TPSA) is 78.8 Å². The molecule has 4 aromatic rings. The number of carbonyl (C=O) groups excluding carboxylic acids is 2. The van der Waals surface area contributed by atoms with E-state index >= 15 is 0 Å². The number of para-hydroxylation sites is 2. The second kappa shape index (κ2) is 11.0. The van der Waals surface area contributed by atoms with Crippen LogP contribution in [0.4, 0.5) is 0 Å². The standard InChI is InChI=1S/C28H31N3O4/c1-20(2)31(28(33)26-13-8-16-35-26)19-27(32)30(18-22-9-4-7-12-25(22)34-3)15-14-21-17-29-24-11-6-5-10-23(21)24/h4-13,16-17,20,29H,14-15,18-19H2,1-3H3. The van der Waals surface area contributed by atoms with Crippen molar-refractivity contribution in [1.82, 2.24) is 14.8 Å². The number of aromatic nitrogens is 1. The molecule has 0 aliphatic rings. The largest absolute Gasteiger partial charge is 0.496 e. The number of carbonyl (C=O) groups is 2. The van der Waals surface area contributed by atoms with Gasteiger partial charge in [0.15, 0.2) is 5.76 Å². The average molecular weight is 474 g/mol. The number of aromatic amines is 1. The Hall–Kier alpha value is -4.00. The van der Waals surface area contributed by atoms with Gasteiger partial charge < -0.3 is 23.9 Å². The van der Waals surface area contributed by atoms with Gasteiger partial charge >= 0.3 is 0 Å². The minimum absolute atomic E-state index is 0.0414. The normalized spacial score (nSPS) is 11.1. The second-order valence-electron chi connectivity index (χ2n) is 8.74.